The topological polar surface area (TPSA) is 124 Å². The predicted molar refractivity (Wildman–Crippen MR) is 57.3 cm³/mol. The van der Waals surface area contributed by atoms with Crippen LogP contribution < -0.4 is 11.2 Å². The molecule has 1 heterocycles. The molecule has 90 valence electrons. The van der Waals surface area contributed by atoms with E-state index in [0.717, 1.165) is 4.57 Å². The molecule has 0 bridgehead atoms. The summed E-state index contributed by atoms with van der Waals surface area (Å²) in [5.74, 6) is -1.44. The number of aromatic amines is 1. The number of nitrogens with one attached hydrogen (secondary N) is 1. The summed E-state index contributed by atoms with van der Waals surface area (Å²) < 4.78 is 0.856. The van der Waals surface area contributed by atoms with E-state index >= 15 is 0 Å². The summed E-state index contributed by atoms with van der Waals surface area (Å²) in [6, 6.07) is -0.387. The number of hydrogen-bond donors (Lipinski definition) is 2. The first-order chi connectivity index (χ1) is 6.86. The fraction of sp³-hybridized carbons (Fsp3) is 0.375. The lowest BCUT2D eigenvalue weighted by Gasteiger charge is -2.09. The van der Waals surface area contributed by atoms with Gasteiger partial charge in [-0.25, -0.2) is 9.59 Å². The molecule has 1 rings (SSSR count). The monoisotopic (exact) mass is 250 g/mol. The quantitative estimate of drug-likeness (QED) is 0.744. The molecule has 0 atom stereocenters. The van der Waals surface area contributed by atoms with Crippen molar-refractivity contribution < 1.29 is 15.4 Å². The number of carboxylic acids is 1. The summed E-state index contributed by atoms with van der Waals surface area (Å²) in [6.45, 7) is 3.24. The van der Waals surface area contributed by atoms with Crippen LogP contribution in [-0.4, -0.2) is 26.1 Å². The largest absolute Gasteiger partial charge is 0.477 e. The van der Waals surface area contributed by atoms with Gasteiger partial charge in [0.25, 0.3) is 5.56 Å². The molecule has 8 heteroatoms. The van der Waals surface area contributed by atoms with Crippen molar-refractivity contribution in [3.8, 4) is 0 Å². The standard InChI is InChI=1S/C8H9ClN2O4.H2O/c1-3(2)11-6(12)4(9)5(7(13)14)10-8(11)15;/h3H,1-2H3,(H,10,15)(H,13,14);1H2. The maximum atomic E-state index is 11.5. The molecular formula is C8H11ClN2O5. The van der Waals surface area contributed by atoms with Crippen LogP contribution in [0.15, 0.2) is 9.59 Å². The van der Waals surface area contributed by atoms with Crippen molar-refractivity contribution in [2.24, 2.45) is 0 Å². The molecule has 0 aliphatic carbocycles. The Bertz CT molecular complexity index is 516. The van der Waals surface area contributed by atoms with Gasteiger partial charge in [0.05, 0.1) is 0 Å². The molecule has 0 aliphatic heterocycles. The third-order valence-electron chi connectivity index (χ3n) is 1.81. The van der Waals surface area contributed by atoms with Gasteiger partial charge in [0.2, 0.25) is 0 Å². The third kappa shape index (κ3) is 2.31. The lowest BCUT2D eigenvalue weighted by atomic mass is 10.3. The van der Waals surface area contributed by atoms with Crippen LogP contribution in [0.25, 0.3) is 0 Å². The van der Waals surface area contributed by atoms with Crippen LogP contribution in [0.5, 0.6) is 0 Å². The van der Waals surface area contributed by atoms with Crippen LogP contribution in [0.1, 0.15) is 30.4 Å². The fourth-order valence-electron chi connectivity index (χ4n) is 1.14. The molecule has 16 heavy (non-hydrogen) atoms. The lowest BCUT2D eigenvalue weighted by Crippen LogP contribution is -2.38. The molecule has 1 aromatic heterocycles. The third-order valence-corrected chi connectivity index (χ3v) is 2.16. The van der Waals surface area contributed by atoms with Gasteiger partial charge >= 0.3 is 11.7 Å². The molecule has 1 aromatic rings. The van der Waals surface area contributed by atoms with Gasteiger partial charge in [-0.05, 0) is 13.8 Å². The minimum atomic E-state index is -1.44. The first kappa shape index (κ1) is 14.4. The van der Waals surface area contributed by atoms with Gasteiger partial charge in [-0.1, -0.05) is 11.6 Å². The van der Waals surface area contributed by atoms with E-state index in [4.69, 9.17) is 16.7 Å². The average molecular weight is 251 g/mol. The average Bonchev–Trinajstić information content (AvgIpc) is 2.10. The summed E-state index contributed by atoms with van der Waals surface area (Å²) in [4.78, 5) is 35.5. The van der Waals surface area contributed by atoms with Gasteiger partial charge in [-0.15, -0.1) is 0 Å². The van der Waals surface area contributed by atoms with Crippen LogP contribution in [-0.2, 0) is 0 Å². The molecule has 0 saturated heterocycles. The molecular weight excluding hydrogens is 240 g/mol. The van der Waals surface area contributed by atoms with Gasteiger partial charge in [-0.2, -0.15) is 0 Å². The van der Waals surface area contributed by atoms with Crippen molar-refractivity contribution >= 4 is 17.6 Å². The van der Waals surface area contributed by atoms with Crippen LogP contribution in [0.3, 0.4) is 0 Å². The van der Waals surface area contributed by atoms with Gasteiger partial charge in [0, 0.05) is 6.04 Å². The minimum absolute atomic E-state index is 0. The van der Waals surface area contributed by atoms with E-state index in [1.807, 2.05) is 4.98 Å². The number of halogens is 1. The van der Waals surface area contributed by atoms with E-state index in [1.54, 1.807) is 13.8 Å². The molecule has 0 aromatic carbocycles. The molecule has 7 nitrogen and oxygen atoms in total. The van der Waals surface area contributed by atoms with Gasteiger partial charge < -0.3 is 10.6 Å². The van der Waals surface area contributed by atoms with Crippen molar-refractivity contribution in [2.75, 3.05) is 0 Å². The summed E-state index contributed by atoms with van der Waals surface area (Å²) in [5, 5.41) is 8.15. The lowest BCUT2D eigenvalue weighted by molar-refractivity contribution is 0.0689. The number of aromatic nitrogens is 2. The number of nitrogens with zero attached hydrogens (tertiary/aromatic N) is 1. The van der Waals surface area contributed by atoms with Crippen LogP contribution in [0.4, 0.5) is 0 Å². The van der Waals surface area contributed by atoms with Crippen LogP contribution in [0.2, 0.25) is 5.02 Å². The smallest absolute Gasteiger partial charge is 0.354 e. The van der Waals surface area contributed by atoms with Crippen molar-refractivity contribution in [3.63, 3.8) is 0 Å². The Kier molecular flexibility index (Phi) is 4.46. The second-order valence-corrected chi connectivity index (χ2v) is 3.57. The van der Waals surface area contributed by atoms with E-state index in [1.165, 1.54) is 0 Å². The Labute approximate surface area is 94.6 Å². The number of hydrogen-bond acceptors (Lipinski definition) is 3. The van der Waals surface area contributed by atoms with Gasteiger partial charge in [0.1, 0.15) is 5.02 Å². The van der Waals surface area contributed by atoms with Crippen molar-refractivity contribution in [3.05, 3.63) is 31.6 Å². The number of carbonyl (C=O) groups is 1. The second kappa shape index (κ2) is 4.95. The Morgan fingerprint density at radius 3 is 2.31 bits per heavy atom. The summed E-state index contributed by atoms with van der Waals surface area (Å²) in [7, 11) is 0. The van der Waals surface area contributed by atoms with E-state index in [-0.39, 0.29) is 11.5 Å². The number of aromatic carboxylic acids is 1. The highest BCUT2D eigenvalue weighted by molar-refractivity contribution is 6.32. The molecule has 0 amide bonds. The second-order valence-electron chi connectivity index (χ2n) is 3.19. The highest BCUT2D eigenvalue weighted by Crippen LogP contribution is 2.06. The Morgan fingerprint density at radius 1 is 1.44 bits per heavy atom. The summed E-state index contributed by atoms with van der Waals surface area (Å²) in [6.07, 6.45) is 0. The normalized spacial score (nSPS) is 10.0. The van der Waals surface area contributed by atoms with Crippen molar-refractivity contribution in [2.45, 2.75) is 19.9 Å². The number of carboxylic acid groups (broad SMARTS) is 1. The maximum Gasteiger partial charge on any atom is 0.354 e. The van der Waals surface area contributed by atoms with Gasteiger partial charge in [0.15, 0.2) is 5.69 Å². The number of rotatable bonds is 2. The van der Waals surface area contributed by atoms with E-state index in [0.29, 0.717) is 0 Å². The highest BCUT2D eigenvalue weighted by Gasteiger charge is 2.18. The minimum Gasteiger partial charge on any atom is -0.477 e. The zero-order valence-corrected chi connectivity index (χ0v) is 9.33. The molecule has 4 N–H and O–H groups in total. The van der Waals surface area contributed by atoms with Crippen molar-refractivity contribution in [1.82, 2.24) is 9.55 Å². The molecule has 0 saturated carbocycles. The molecule has 0 fully saturated rings. The molecule has 0 spiro atoms. The SMILES string of the molecule is CC(C)n1c(=O)[nH]c(C(=O)O)c(Cl)c1=O.O. The Morgan fingerprint density at radius 2 is 1.94 bits per heavy atom. The Balaban J connectivity index is 0.00000225. The van der Waals surface area contributed by atoms with Gasteiger partial charge in [-0.3, -0.25) is 14.3 Å². The predicted octanol–water partition coefficient (Wildman–Crippen LogP) is -0.356. The van der Waals surface area contributed by atoms with Crippen molar-refractivity contribution in [1.29, 1.82) is 0 Å². The molecule has 0 aliphatic rings. The van der Waals surface area contributed by atoms with E-state index in [9.17, 15) is 14.4 Å². The Hall–Kier alpha value is -1.60. The fourth-order valence-corrected chi connectivity index (χ4v) is 1.36. The molecule has 0 radical (unpaired) electrons. The number of H-pyrrole nitrogens is 1. The molecule has 0 unspecified atom stereocenters. The van der Waals surface area contributed by atoms with Crippen LogP contribution >= 0.6 is 11.6 Å². The highest BCUT2D eigenvalue weighted by atomic mass is 35.5. The first-order valence-electron chi connectivity index (χ1n) is 4.14. The summed E-state index contributed by atoms with van der Waals surface area (Å²) in [5.41, 5.74) is -2.16. The van der Waals surface area contributed by atoms with Crippen LogP contribution in [0, 0.1) is 0 Å². The van der Waals surface area contributed by atoms with E-state index in [2.05, 4.69) is 0 Å². The van der Waals surface area contributed by atoms with E-state index < -0.39 is 27.9 Å². The zero-order valence-electron chi connectivity index (χ0n) is 8.57. The maximum absolute atomic E-state index is 11.5. The zero-order chi connectivity index (χ0) is 11.7. The first-order valence-corrected chi connectivity index (χ1v) is 4.51. The summed E-state index contributed by atoms with van der Waals surface area (Å²) >= 11 is 5.53.